The molecule has 18 heavy (non-hydrogen) atoms. The topological polar surface area (TPSA) is 54.7 Å². The zero-order chi connectivity index (χ0) is 12.5. The van der Waals surface area contributed by atoms with E-state index in [-0.39, 0.29) is 0 Å². The van der Waals surface area contributed by atoms with Crippen molar-refractivity contribution in [2.75, 3.05) is 5.73 Å². The summed E-state index contributed by atoms with van der Waals surface area (Å²) in [6, 6.07) is 10.5. The molecular formula is C15H15N3. The SMILES string of the molecule is Cc1cc2[nH]ccc2cc1Cc1ccnc(N)c1. The van der Waals surface area contributed by atoms with Gasteiger partial charge < -0.3 is 10.7 Å². The van der Waals surface area contributed by atoms with Crippen molar-refractivity contribution in [3.05, 3.63) is 59.4 Å². The minimum absolute atomic E-state index is 0.577. The van der Waals surface area contributed by atoms with Gasteiger partial charge in [0.25, 0.3) is 0 Å². The van der Waals surface area contributed by atoms with Crippen LogP contribution in [0.2, 0.25) is 0 Å². The molecule has 3 aromatic rings. The number of nitrogens with two attached hydrogens (primary N) is 1. The summed E-state index contributed by atoms with van der Waals surface area (Å²) in [5.74, 6) is 0.577. The number of rotatable bonds is 2. The van der Waals surface area contributed by atoms with Crippen LogP contribution in [0.15, 0.2) is 42.7 Å². The van der Waals surface area contributed by atoms with Gasteiger partial charge in [-0.2, -0.15) is 0 Å². The molecule has 2 heterocycles. The number of anilines is 1. The Morgan fingerprint density at radius 1 is 1.22 bits per heavy atom. The highest BCUT2D eigenvalue weighted by Gasteiger charge is 2.04. The molecule has 0 bridgehead atoms. The van der Waals surface area contributed by atoms with Crippen LogP contribution < -0.4 is 5.73 Å². The third kappa shape index (κ3) is 1.95. The van der Waals surface area contributed by atoms with E-state index >= 15 is 0 Å². The first-order valence-corrected chi connectivity index (χ1v) is 5.99. The van der Waals surface area contributed by atoms with Gasteiger partial charge in [-0.3, -0.25) is 0 Å². The largest absolute Gasteiger partial charge is 0.384 e. The lowest BCUT2D eigenvalue weighted by atomic mass is 9.99. The van der Waals surface area contributed by atoms with Crippen molar-refractivity contribution in [1.29, 1.82) is 0 Å². The van der Waals surface area contributed by atoms with Gasteiger partial charge in [-0.15, -0.1) is 0 Å². The first kappa shape index (κ1) is 10.8. The molecule has 2 aromatic heterocycles. The molecule has 0 atom stereocenters. The molecule has 0 aliphatic heterocycles. The van der Waals surface area contributed by atoms with E-state index in [4.69, 9.17) is 5.73 Å². The Morgan fingerprint density at radius 3 is 2.94 bits per heavy atom. The second kappa shape index (κ2) is 4.18. The molecule has 3 nitrogen and oxygen atoms in total. The molecule has 0 saturated heterocycles. The molecule has 0 unspecified atom stereocenters. The number of aromatic nitrogens is 2. The second-order valence-corrected chi connectivity index (χ2v) is 4.61. The molecule has 0 radical (unpaired) electrons. The van der Waals surface area contributed by atoms with Gasteiger partial charge in [-0.05, 0) is 65.8 Å². The van der Waals surface area contributed by atoms with E-state index in [1.165, 1.54) is 27.6 Å². The average Bonchev–Trinajstić information content (AvgIpc) is 2.76. The molecule has 0 saturated carbocycles. The Morgan fingerprint density at radius 2 is 2.11 bits per heavy atom. The Labute approximate surface area is 106 Å². The lowest BCUT2D eigenvalue weighted by molar-refractivity contribution is 1.14. The minimum atomic E-state index is 0.577. The number of nitrogens with zero attached hydrogens (tertiary/aromatic N) is 1. The fourth-order valence-electron chi connectivity index (χ4n) is 2.27. The van der Waals surface area contributed by atoms with E-state index in [1.807, 2.05) is 18.3 Å². The summed E-state index contributed by atoms with van der Waals surface area (Å²) in [7, 11) is 0. The Kier molecular flexibility index (Phi) is 2.52. The van der Waals surface area contributed by atoms with Crippen molar-refractivity contribution < 1.29 is 0 Å². The van der Waals surface area contributed by atoms with Crippen molar-refractivity contribution in [2.45, 2.75) is 13.3 Å². The van der Waals surface area contributed by atoms with Crippen LogP contribution in [-0.2, 0) is 6.42 Å². The third-order valence-corrected chi connectivity index (χ3v) is 3.25. The van der Waals surface area contributed by atoms with E-state index in [1.54, 1.807) is 6.20 Å². The van der Waals surface area contributed by atoms with Crippen LogP contribution in [-0.4, -0.2) is 9.97 Å². The number of pyridine rings is 1. The third-order valence-electron chi connectivity index (χ3n) is 3.25. The van der Waals surface area contributed by atoms with Gasteiger partial charge in [0.2, 0.25) is 0 Å². The van der Waals surface area contributed by atoms with E-state index < -0.39 is 0 Å². The molecular weight excluding hydrogens is 222 g/mol. The summed E-state index contributed by atoms with van der Waals surface area (Å²) in [6.07, 6.45) is 4.62. The second-order valence-electron chi connectivity index (χ2n) is 4.61. The summed E-state index contributed by atoms with van der Waals surface area (Å²) >= 11 is 0. The zero-order valence-corrected chi connectivity index (χ0v) is 10.3. The van der Waals surface area contributed by atoms with E-state index in [2.05, 4.69) is 35.1 Å². The smallest absolute Gasteiger partial charge is 0.123 e. The minimum Gasteiger partial charge on any atom is -0.384 e. The monoisotopic (exact) mass is 237 g/mol. The maximum absolute atomic E-state index is 5.71. The number of nitrogen functional groups attached to an aromatic ring is 1. The van der Waals surface area contributed by atoms with Crippen molar-refractivity contribution in [1.82, 2.24) is 9.97 Å². The molecule has 3 heteroatoms. The molecule has 0 spiro atoms. The Balaban J connectivity index is 2.01. The van der Waals surface area contributed by atoms with Gasteiger partial charge in [0.1, 0.15) is 5.82 Å². The number of H-pyrrole nitrogens is 1. The fraction of sp³-hybridized carbons (Fsp3) is 0.133. The number of hydrogen-bond donors (Lipinski definition) is 2. The molecule has 0 amide bonds. The zero-order valence-electron chi connectivity index (χ0n) is 10.3. The van der Waals surface area contributed by atoms with Crippen LogP contribution in [0.1, 0.15) is 16.7 Å². The fourth-order valence-corrected chi connectivity index (χ4v) is 2.27. The van der Waals surface area contributed by atoms with Crippen LogP contribution in [0, 0.1) is 6.92 Å². The molecule has 90 valence electrons. The van der Waals surface area contributed by atoms with Gasteiger partial charge in [-0.1, -0.05) is 0 Å². The van der Waals surface area contributed by atoms with Gasteiger partial charge in [0.15, 0.2) is 0 Å². The predicted molar refractivity (Wildman–Crippen MR) is 74.5 cm³/mol. The summed E-state index contributed by atoms with van der Waals surface area (Å²) in [4.78, 5) is 7.25. The summed E-state index contributed by atoms with van der Waals surface area (Å²) in [6.45, 7) is 2.14. The van der Waals surface area contributed by atoms with Gasteiger partial charge >= 0.3 is 0 Å². The highest BCUT2D eigenvalue weighted by molar-refractivity contribution is 5.81. The van der Waals surface area contributed by atoms with Crippen molar-refractivity contribution in [3.8, 4) is 0 Å². The standard InChI is InChI=1S/C15H15N3/c1-10-6-14-12(3-5-17-14)9-13(10)7-11-2-4-18-15(16)8-11/h2-6,8-9,17H,7H2,1H3,(H2,16,18). The van der Waals surface area contributed by atoms with Crippen molar-refractivity contribution >= 4 is 16.7 Å². The molecule has 0 aliphatic carbocycles. The van der Waals surface area contributed by atoms with Crippen LogP contribution in [0.25, 0.3) is 10.9 Å². The normalized spacial score (nSPS) is 10.9. The van der Waals surface area contributed by atoms with Crippen LogP contribution in [0.5, 0.6) is 0 Å². The molecule has 3 N–H and O–H groups in total. The highest BCUT2D eigenvalue weighted by Crippen LogP contribution is 2.21. The molecule has 0 aliphatic rings. The first-order chi connectivity index (χ1) is 8.72. The Bertz CT molecular complexity index is 698. The van der Waals surface area contributed by atoms with Crippen LogP contribution in [0.3, 0.4) is 0 Å². The number of benzene rings is 1. The summed E-state index contributed by atoms with van der Waals surface area (Å²) in [5.41, 5.74) is 10.7. The lowest BCUT2D eigenvalue weighted by Gasteiger charge is -2.07. The number of nitrogens with one attached hydrogen (secondary N) is 1. The van der Waals surface area contributed by atoms with E-state index in [0.29, 0.717) is 5.82 Å². The number of hydrogen-bond acceptors (Lipinski definition) is 2. The number of aryl methyl sites for hydroxylation is 1. The van der Waals surface area contributed by atoms with Gasteiger partial charge in [0, 0.05) is 17.9 Å². The van der Waals surface area contributed by atoms with Crippen molar-refractivity contribution in [3.63, 3.8) is 0 Å². The van der Waals surface area contributed by atoms with E-state index in [9.17, 15) is 0 Å². The van der Waals surface area contributed by atoms with Gasteiger partial charge in [-0.25, -0.2) is 4.98 Å². The Hall–Kier alpha value is -2.29. The molecule has 3 rings (SSSR count). The maximum Gasteiger partial charge on any atom is 0.123 e. The van der Waals surface area contributed by atoms with Crippen molar-refractivity contribution in [2.24, 2.45) is 0 Å². The number of fused-ring (bicyclic) bond motifs is 1. The summed E-state index contributed by atoms with van der Waals surface area (Å²) < 4.78 is 0. The van der Waals surface area contributed by atoms with Crippen LogP contribution >= 0.6 is 0 Å². The quantitative estimate of drug-likeness (QED) is 0.719. The van der Waals surface area contributed by atoms with Gasteiger partial charge in [0.05, 0.1) is 0 Å². The molecule has 1 aromatic carbocycles. The molecule has 0 fully saturated rings. The average molecular weight is 237 g/mol. The first-order valence-electron chi connectivity index (χ1n) is 5.99. The van der Waals surface area contributed by atoms with Crippen LogP contribution in [0.4, 0.5) is 5.82 Å². The predicted octanol–water partition coefficient (Wildman–Crippen LogP) is 3.04. The highest BCUT2D eigenvalue weighted by atomic mass is 14.8. The van der Waals surface area contributed by atoms with E-state index in [0.717, 1.165) is 6.42 Å². The summed E-state index contributed by atoms with van der Waals surface area (Å²) in [5, 5.41) is 1.25. The maximum atomic E-state index is 5.71. The number of aromatic amines is 1. The lowest BCUT2D eigenvalue weighted by Crippen LogP contribution is -1.95.